The van der Waals surface area contributed by atoms with Gasteiger partial charge in [-0.05, 0) is 19.8 Å². The Bertz CT molecular complexity index is 369. The van der Waals surface area contributed by atoms with Crippen molar-refractivity contribution in [1.29, 1.82) is 0 Å². The molecule has 2 atom stereocenters. The molecule has 0 aliphatic heterocycles. The molecule has 1 aliphatic rings. The summed E-state index contributed by atoms with van der Waals surface area (Å²) in [6.45, 7) is 1.88. The fraction of sp³-hybridized carbons (Fsp3) is 0.636. The Morgan fingerprint density at radius 1 is 1.38 bits per heavy atom. The third kappa shape index (κ3) is 2.24. The maximum atomic E-state index is 9.85. The lowest BCUT2D eigenvalue weighted by Crippen LogP contribution is -2.36. The second kappa shape index (κ2) is 4.65. The lowest BCUT2D eigenvalue weighted by molar-refractivity contribution is 0.116. The van der Waals surface area contributed by atoms with Crippen LogP contribution in [0.25, 0.3) is 0 Å². The number of aliphatic hydroxyl groups is 1. The normalized spacial score (nSPS) is 25.4. The van der Waals surface area contributed by atoms with Crippen molar-refractivity contribution < 1.29 is 5.11 Å². The van der Waals surface area contributed by atoms with E-state index < -0.39 is 0 Å². The molecule has 0 spiro atoms. The number of nitrogens with zero attached hydrogens (tertiary/aromatic N) is 2. The Balaban J connectivity index is 2.10. The summed E-state index contributed by atoms with van der Waals surface area (Å²) in [4.78, 5) is 8.07. The minimum absolute atomic E-state index is 0.0850. The monoisotopic (exact) mass is 222 g/mol. The van der Waals surface area contributed by atoms with Crippen LogP contribution in [0.1, 0.15) is 31.2 Å². The number of hydrogen-bond donors (Lipinski definition) is 3. The van der Waals surface area contributed by atoms with Gasteiger partial charge in [-0.3, -0.25) is 0 Å². The molecule has 0 saturated heterocycles. The van der Waals surface area contributed by atoms with E-state index in [1.807, 2.05) is 6.92 Å². The van der Waals surface area contributed by atoms with Crippen molar-refractivity contribution in [2.24, 2.45) is 0 Å². The van der Waals surface area contributed by atoms with Crippen molar-refractivity contribution in [2.75, 3.05) is 11.1 Å². The summed E-state index contributed by atoms with van der Waals surface area (Å²) in [6, 6.07) is 0.0850. The second-order valence-corrected chi connectivity index (χ2v) is 4.34. The van der Waals surface area contributed by atoms with Gasteiger partial charge in [-0.15, -0.1) is 0 Å². The highest BCUT2D eigenvalue weighted by Gasteiger charge is 2.23. The van der Waals surface area contributed by atoms with Gasteiger partial charge in [0.05, 0.1) is 12.1 Å². The molecule has 1 saturated carbocycles. The third-order valence-electron chi connectivity index (χ3n) is 3.17. The Hall–Kier alpha value is -1.36. The number of hydrogen-bond acceptors (Lipinski definition) is 5. The molecular weight excluding hydrogens is 204 g/mol. The van der Waals surface area contributed by atoms with Crippen LogP contribution in [0.15, 0.2) is 6.33 Å². The molecule has 16 heavy (non-hydrogen) atoms. The molecule has 0 radical (unpaired) electrons. The molecule has 1 heterocycles. The van der Waals surface area contributed by atoms with Crippen LogP contribution in [0.5, 0.6) is 0 Å². The maximum absolute atomic E-state index is 9.85. The number of nitrogens with two attached hydrogens (primary N) is 1. The average Bonchev–Trinajstić information content (AvgIpc) is 2.28. The van der Waals surface area contributed by atoms with E-state index in [-0.39, 0.29) is 12.1 Å². The maximum Gasteiger partial charge on any atom is 0.134 e. The first kappa shape index (κ1) is 11.1. The third-order valence-corrected chi connectivity index (χ3v) is 3.17. The molecule has 5 nitrogen and oxygen atoms in total. The lowest BCUT2D eigenvalue weighted by Gasteiger charge is -2.29. The lowest BCUT2D eigenvalue weighted by atomic mass is 9.92. The van der Waals surface area contributed by atoms with Gasteiger partial charge in [0, 0.05) is 5.56 Å². The van der Waals surface area contributed by atoms with E-state index in [0.717, 1.165) is 37.1 Å². The van der Waals surface area contributed by atoms with E-state index in [4.69, 9.17) is 5.73 Å². The van der Waals surface area contributed by atoms with Crippen LogP contribution in [0, 0.1) is 6.92 Å². The second-order valence-electron chi connectivity index (χ2n) is 4.34. The Kier molecular flexibility index (Phi) is 3.24. The number of nitrogen functional groups attached to an aromatic ring is 1. The summed E-state index contributed by atoms with van der Waals surface area (Å²) in [6.07, 6.45) is 5.24. The van der Waals surface area contributed by atoms with Crippen LogP contribution < -0.4 is 11.1 Å². The number of nitrogens with one attached hydrogen (secondary N) is 1. The Morgan fingerprint density at radius 2 is 2.12 bits per heavy atom. The van der Waals surface area contributed by atoms with Crippen LogP contribution in [-0.2, 0) is 0 Å². The van der Waals surface area contributed by atoms with E-state index in [1.165, 1.54) is 6.33 Å². The Morgan fingerprint density at radius 3 is 2.88 bits per heavy atom. The van der Waals surface area contributed by atoms with E-state index in [0.29, 0.717) is 5.82 Å². The molecule has 0 bridgehead atoms. The largest absolute Gasteiger partial charge is 0.391 e. The first-order valence-electron chi connectivity index (χ1n) is 5.70. The van der Waals surface area contributed by atoms with Crippen molar-refractivity contribution in [3.05, 3.63) is 11.9 Å². The summed E-state index contributed by atoms with van der Waals surface area (Å²) in [5.74, 6) is 1.22. The highest BCUT2D eigenvalue weighted by atomic mass is 16.3. The van der Waals surface area contributed by atoms with E-state index >= 15 is 0 Å². The highest BCUT2D eigenvalue weighted by molar-refractivity contribution is 5.54. The summed E-state index contributed by atoms with van der Waals surface area (Å²) in [7, 11) is 0. The van der Waals surface area contributed by atoms with Crippen molar-refractivity contribution in [1.82, 2.24) is 9.97 Å². The highest BCUT2D eigenvalue weighted by Crippen LogP contribution is 2.23. The molecule has 5 heteroatoms. The molecule has 1 fully saturated rings. The quantitative estimate of drug-likeness (QED) is 0.697. The van der Waals surface area contributed by atoms with Gasteiger partial charge in [-0.2, -0.15) is 0 Å². The molecule has 0 aromatic carbocycles. The van der Waals surface area contributed by atoms with Gasteiger partial charge in [-0.1, -0.05) is 12.8 Å². The average molecular weight is 222 g/mol. The molecule has 2 rings (SSSR count). The van der Waals surface area contributed by atoms with Gasteiger partial charge < -0.3 is 16.2 Å². The molecule has 1 aliphatic carbocycles. The smallest absolute Gasteiger partial charge is 0.134 e. The van der Waals surface area contributed by atoms with E-state index in [1.54, 1.807) is 0 Å². The standard InChI is InChI=1S/C11H18N4O/c1-7-10(12)13-6-14-11(7)15-8-4-2-3-5-9(8)16/h6,8-9,16H,2-5H2,1H3,(H3,12,13,14,15). The van der Waals surface area contributed by atoms with Gasteiger partial charge in [0.25, 0.3) is 0 Å². The molecule has 1 aromatic heterocycles. The molecule has 0 amide bonds. The van der Waals surface area contributed by atoms with Crippen LogP contribution in [0.3, 0.4) is 0 Å². The number of anilines is 2. The van der Waals surface area contributed by atoms with E-state index in [9.17, 15) is 5.11 Å². The molecular formula is C11H18N4O. The van der Waals surface area contributed by atoms with Gasteiger partial charge in [0.1, 0.15) is 18.0 Å². The van der Waals surface area contributed by atoms with Crippen molar-refractivity contribution in [3.8, 4) is 0 Å². The van der Waals surface area contributed by atoms with Crippen LogP contribution >= 0.6 is 0 Å². The van der Waals surface area contributed by atoms with Gasteiger partial charge >= 0.3 is 0 Å². The van der Waals surface area contributed by atoms with Crippen molar-refractivity contribution >= 4 is 11.6 Å². The first-order chi connectivity index (χ1) is 7.68. The van der Waals surface area contributed by atoms with Gasteiger partial charge in [-0.25, -0.2) is 9.97 Å². The van der Waals surface area contributed by atoms with Crippen molar-refractivity contribution in [3.63, 3.8) is 0 Å². The fourth-order valence-corrected chi connectivity index (χ4v) is 2.06. The summed E-state index contributed by atoms with van der Waals surface area (Å²) < 4.78 is 0. The zero-order valence-electron chi connectivity index (χ0n) is 9.48. The minimum atomic E-state index is -0.288. The molecule has 2 unspecified atom stereocenters. The predicted octanol–water partition coefficient (Wildman–Crippen LogP) is 1.08. The van der Waals surface area contributed by atoms with Crippen molar-refractivity contribution in [2.45, 2.75) is 44.8 Å². The minimum Gasteiger partial charge on any atom is -0.391 e. The van der Waals surface area contributed by atoms with Crippen LogP contribution in [0.2, 0.25) is 0 Å². The molecule has 1 aromatic rings. The number of aliphatic hydroxyl groups excluding tert-OH is 1. The van der Waals surface area contributed by atoms with Gasteiger partial charge in [0.2, 0.25) is 0 Å². The van der Waals surface area contributed by atoms with Crippen LogP contribution in [0.4, 0.5) is 11.6 Å². The summed E-state index contributed by atoms with van der Waals surface area (Å²) >= 11 is 0. The topological polar surface area (TPSA) is 84.1 Å². The van der Waals surface area contributed by atoms with Crippen LogP contribution in [-0.4, -0.2) is 27.2 Å². The van der Waals surface area contributed by atoms with E-state index in [2.05, 4.69) is 15.3 Å². The molecule has 88 valence electrons. The zero-order valence-corrected chi connectivity index (χ0v) is 9.48. The Labute approximate surface area is 95.1 Å². The number of aromatic nitrogens is 2. The number of rotatable bonds is 2. The first-order valence-corrected chi connectivity index (χ1v) is 5.70. The van der Waals surface area contributed by atoms with Gasteiger partial charge in [0.15, 0.2) is 0 Å². The molecule has 4 N–H and O–H groups in total. The predicted molar refractivity (Wildman–Crippen MR) is 63.1 cm³/mol. The summed E-state index contributed by atoms with van der Waals surface area (Å²) in [5, 5.41) is 13.1. The summed E-state index contributed by atoms with van der Waals surface area (Å²) in [5.41, 5.74) is 6.55. The fourth-order valence-electron chi connectivity index (χ4n) is 2.06. The zero-order chi connectivity index (χ0) is 11.5. The SMILES string of the molecule is Cc1c(N)ncnc1NC1CCCCC1O.